The van der Waals surface area contributed by atoms with Crippen molar-refractivity contribution in [3.05, 3.63) is 0 Å². The maximum absolute atomic E-state index is 11.3. The maximum Gasteiger partial charge on any atom is 0.305 e. The number of carbonyl (C=O) groups excluding carboxylic acids is 1. The summed E-state index contributed by atoms with van der Waals surface area (Å²) in [7, 11) is 0. The van der Waals surface area contributed by atoms with Gasteiger partial charge in [0.25, 0.3) is 0 Å². The second kappa shape index (κ2) is 12.0. The Morgan fingerprint density at radius 3 is 1.89 bits per heavy atom. The van der Waals surface area contributed by atoms with E-state index in [2.05, 4.69) is 6.92 Å². The third kappa shape index (κ3) is 11.7. The molecule has 112 valence electrons. The molecule has 0 aromatic rings. The molecule has 0 saturated heterocycles. The lowest BCUT2D eigenvalue weighted by Gasteiger charge is -2.19. The van der Waals surface area contributed by atoms with Crippen LogP contribution in [-0.4, -0.2) is 35.0 Å². The predicted octanol–water partition coefficient (Wildman–Crippen LogP) is 3.45. The highest BCUT2D eigenvalue weighted by atomic mass is 16.4. The third-order valence-electron chi connectivity index (χ3n) is 3.32. The monoisotopic (exact) mass is 271 g/mol. The van der Waals surface area contributed by atoms with Gasteiger partial charge in [0.15, 0.2) is 0 Å². The molecule has 0 aliphatic rings. The van der Waals surface area contributed by atoms with Gasteiger partial charge in [-0.3, -0.25) is 9.59 Å². The second-order valence-electron chi connectivity index (χ2n) is 5.12. The minimum Gasteiger partial charge on any atom is -0.481 e. The van der Waals surface area contributed by atoms with Crippen LogP contribution in [-0.2, 0) is 9.59 Å². The number of carboxylic acids is 1. The van der Waals surface area contributed by atoms with E-state index in [4.69, 9.17) is 5.11 Å². The SMILES string of the molecule is CCCCCCCCCCN(CCC(=O)O)C(C)=O. The number of rotatable bonds is 12. The van der Waals surface area contributed by atoms with Crippen LogP contribution in [0.2, 0.25) is 0 Å². The van der Waals surface area contributed by atoms with Gasteiger partial charge < -0.3 is 10.0 Å². The fourth-order valence-electron chi connectivity index (χ4n) is 2.09. The summed E-state index contributed by atoms with van der Waals surface area (Å²) in [6.45, 7) is 4.75. The summed E-state index contributed by atoms with van der Waals surface area (Å²) in [5.41, 5.74) is 0. The number of hydrogen-bond donors (Lipinski definition) is 1. The fourth-order valence-corrected chi connectivity index (χ4v) is 2.09. The van der Waals surface area contributed by atoms with Crippen molar-refractivity contribution < 1.29 is 14.7 Å². The lowest BCUT2D eigenvalue weighted by atomic mass is 10.1. The van der Waals surface area contributed by atoms with Crippen molar-refractivity contribution in [3.8, 4) is 0 Å². The maximum atomic E-state index is 11.3. The molecule has 4 nitrogen and oxygen atoms in total. The topological polar surface area (TPSA) is 57.6 Å². The van der Waals surface area contributed by atoms with Crippen LogP contribution in [0.25, 0.3) is 0 Å². The zero-order chi connectivity index (χ0) is 14.5. The molecule has 0 fully saturated rings. The molecule has 0 spiro atoms. The Morgan fingerprint density at radius 2 is 1.42 bits per heavy atom. The van der Waals surface area contributed by atoms with Gasteiger partial charge in [-0.25, -0.2) is 0 Å². The molecule has 0 heterocycles. The first kappa shape index (κ1) is 17.9. The van der Waals surface area contributed by atoms with Crippen molar-refractivity contribution in [1.82, 2.24) is 4.90 Å². The van der Waals surface area contributed by atoms with E-state index >= 15 is 0 Å². The predicted molar refractivity (Wildman–Crippen MR) is 77.1 cm³/mol. The van der Waals surface area contributed by atoms with E-state index in [1.165, 1.54) is 45.4 Å². The van der Waals surface area contributed by atoms with Gasteiger partial charge in [-0.2, -0.15) is 0 Å². The number of carboxylic acid groups (broad SMARTS) is 1. The molecule has 0 radical (unpaired) electrons. The molecule has 1 N–H and O–H groups in total. The molecule has 0 unspecified atom stereocenters. The van der Waals surface area contributed by atoms with E-state index in [1.54, 1.807) is 4.90 Å². The van der Waals surface area contributed by atoms with Gasteiger partial charge in [-0.1, -0.05) is 51.9 Å². The molecule has 0 rings (SSSR count). The molecule has 0 aliphatic heterocycles. The van der Waals surface area contributed by atoms with Crippen molar-refractivity contribution in [2.24, 2.45) is 0 Å². The highest BCUT2D eigenvalue weighted by Gasteiger charge is 2.09. The summed E-state index contributed by atoms with van der Waals surface area (Å²) in [6, 6.07) is 0. The van der Waals surface area contributed by atoms with Crippen LogP contribution in [0.1, 0.15) is 71.6 Å². The van der Waals surface area contributed by atoms with Gasteiger partial charge in [0.05, 0.1) is 6.42 Å². The number of aliphatic carboxylic acids is 1. The minimum atomic E-state index is -0.845. The fraction of sp³-hybridized carbons (Fsp3) is 0.867. The first-order chi connectivity index (χ1) is 9.07. The van der Waals surface area contributed by atoms with Crippen molar-refractivity contribution in [2.75, 3.05) is 13.1 Å². The summed E-state index contributed by atoms with van der Waals surface area (Å²) in [4.78, 5) is 23.5. The molecule has 0 atom stereocenters. The van der Waals surface area contributed by atoms with Crippen molar-refractivity contribution in [3.63, 3.8) is 0 Å². The highest BCUT2D eigenvalue weighted by molar-refractivity contribution is 5.74. The lowest BCUT2D eigenvalue weighted by Crippen LogP contribution is -2.31. The van der Waals surface area contributed by atoms with E-state index in [0.29, 0.717) is 13.1 Å². The van der Waals surface area contributed by atoms with Crippen molar-refractivity contribution in [1.29, 1.82) is 0 Å². The lowest BCUT2D eigenvalue weighted by molar-refractivity contribution is -0.138. The molecule has 19 heavy (non-hydrogen) atoms. The molecular formula is C15H29NO3. The average molecular weight is 271 g/mol. The van der Waals surface area contributed by atoms with Crippen LogP contribution in [0.15, 0.2) is 0 Å². The van der Waals surface area contributed by atoms with Crippen LogP contribution < -0.4 is 0 Å². The standard InChI is InChI=1S/C15H29NO3/c1-3-4-5-6-7-8-9-10-12-16(14(2)17)13-11-15(18)19/h3-13H2,1-2H3,(H,18,19). The number of amides is 1. The molecule has 1 amide bonds. The molecule has 0 aliphatic carbocycles. The Morgan fingerprint density at radius 1 is 0.895 bits per heavy atom. The number of unbranched alkanes of at least 4 members (excludes halogenated alkanes) is 7. The van der Waals surface area contributed by atoms with Gasteiger partial charge in [0.2, 0.25) is 5.91 Å². The Balaban J connectivity index is 3.53. The van der Waals surface area contributed by atoms with Crippen molar-refractivity contribution >= 4 is 11.9 Å². The number of hydrogen-bond acceptors (Lipinski definition) is 2. The van der Waals surface area contributed by atoms with Crippen LogP contribution in [0.5, 0.6) is 0 Å². The molecule has 4 heteroatoms. The summed E-state index contributed by atoms with van der Waals surface area (Å²) >= 11 is 0. The Kier molecular flexibility index (Phi) is 11.3. The normalized spacial score (nSPS) is 10.4. The second-order valence-corrected chi connectivity index (χ2v) is 5.12. The van der Waals surface area contributed by atoms with Crippen LogP contribution >= 0.6 is 0 Å². The molecule has 0 aromatic heterocycles. The van der Waals surface area contributed by atoms with Gasteiger partial charge in [-0.15, -0.1) is 0 Å². The molecule has 0 aromatic carbocycles. The summed E-state index contributed by atoms with van der Waals surface area (Å²) in [6.07, 6.45) is 9.87. The molecular weight excluding hydrogens is 242 g/mol. The van der Waals surface area contributed by atoms with Gasteiger partial charge in [0.1, 0.15) is 0 Å². The minimum absolute atomic E-state index is 0.0239. The van der Waals surface area contributed by atoms with Gasteiger partial charge in [-0.05, 0) is 6.42 Å². The Labute approximate surface area is 117 Å². The largest absolute Gasteiger partial charge is 0.481 e. The zero-order valence-corrected chi connectivity index (χ0v) is 12.5. The van der Waals surface area contributed by atoms with E-state index in [9.17, 15) is 9.59 Å². The summed E-state index contributed by atoms with van der Waals surface area (Å²) in [5, 5.41) is 8.62. The van der Waals surface area contributed by atoms with Crippen molar-refractivity contribution in [2.45, 2.75) is 71.6 Å². The summed E-state index contributed by atoms with van der Waals surface area (Å²) in [5.74, 6) is -0.869. The smallest absolute Gasteiger partial charge is 0.305 e. The van der Waals surface area contributed by atoms with E-state index in [-0.39, 0.29) is 12.3 Å². The van der Waals surface area contributed by atoms with Gasteiger partial charge in [0, 0.05) is 20.0 Å². The van der Waals surface area contributed by atoms with Crippen LogP contribution in [0.3, 0.4) is 0 Å². The average Bonchev–Trinajstić information content (AvgIpc) is 2.35. The van der Waals surface area contributed by atoms with Gasteiger partial charge >= 0.3 is 5.97 Å². The zero-order valence-electron chi connectivity index (χ0n) is 12.5. The summed E-state index contributed by atoms with van der Waals surface area (Å²) < 4.78 is 0. The van der Waals surface area contributed by atoms with E-state index in [0.717, 1.165) is 12.8 Å². The Bertz CT molecular complexity index is 254. The van der Waals surface area contributed by atoms with E-state index in [1.807, 2.05) is 0 Å². The Hall–Kier alpha value is -1.06. The molecule has 0 bridgehead atoms. The van der Waals surface area contributed by atoms with E-state index < -0.39 is 5.97 Å². The first-order valence-electron chi connectivity index (χ1n) is 7.55. The quantitative estimate of drug-likeness (QED) is 0.553. The third-order valence-corrected chi connectivity index (χ3v) is 3.32. The molecule has 0 saturated carbocycles. The van der Waals surface area contributed by atoms with Crippen LogP contribution in [0.4, 0.5) is 0 Å². The van der Waals surface area contributed by atoms with Crippen LogP contribution in [0, 0.1) is 0 Å². The number of nitrogens with zero attached hydrogens (tertiary/aromatic N) is 1. The first-order valence-corrected chi connectivity index (χ1v) is 7.55. The number of carbonyl (C=O) groups is 2. The highest BCUT2D eigenvalue weighted by Crippen LogP contribution is 2.09.